The van der Waals surface area contributed by atoms with Crippen molar-refractivity contribution in [3.8, 4) is 0 Å². The van der Waals surface area contributed by atoms with Gasteiger partial charge in [0.25, 0.3) is 10.0 Å². The normalized spacial score (nSPS) is 20.1. The Morgan fingerprint density at radius 1 is 1.32 bits per heavy atom. The average molecular weight is 555 g/mol. The van der Waals surface area contributed by atoms with Crippen molar-refractivity contribution in [3.63, 3.8) is 0 Å². The first-order valence-corrected chi connectivity index (χ1v) is 14.0. The molecule has 2 rings (SSSR count). The van der Waals surface area contributed by atoms with Gasteiger partial charge < -0.3 is 19.9 Å². The van der Waals surface area contributed by atoms with Crippen molar-refractivity contribution >= 4 is 39.8 Å². The molecule has 1 fully saturated rings. The van der Waals surface area contributed by atoms with Gasteiger partial charge in [0.2, 0.25) is 17.8 Å². The first-order valence-electron chi connectivity index (χ1n) is 12.2. The lowest BCUT2D eigenvalue weighted by atomic mass is 9.90. The van der Waals surface area contributed by atoms with Crippen LogP contribution in [0.2, 0.25) is 5.02 Å². The van der Waals surface area contributed by atoms with Crippen molar-refractivity contribution in [1.29, 1.82) is 0 Å². The third kappa shape index (κ3) is 9.28. The molecule has 0 spiro atoms. The third-order valence-electron chi connectivity index (χ3n) is 6.14. The predicted octanol–water partition coefficient (Wildman–Crippen LogP) is 2.72. The van der Waals surface area contributed by atoms with Crippen molar-refractivity contribution in [2.75, 3.05) is 34.8 Å². The minimum absolute atomic E-state index is 0.0188. The summed E-state index contributed by atoms with van der Waals surface area (Å²) in [6.07, 6.45) is 8.60. The smallest absolute Gasteiger partial charge is 0.267 e. The van der Waals surface area contributed by atoms with Gasteiger partial charge in [-0.3, -0.25) is 9.98 Å². The van der Waals surface area contributed by atoms with Gasteiger partial charge in [-0.05, 0) is 66.3 Å². The molecule has 1 aromatic heterocycles. The van der Waals surface area contributed by atoms with E-state index in [2.05, 4.69) is 55.6 Å². The van der Waals surface area contributed by atoms with Gasteiger partial charge in [-0.2, -0.15) is 4.99 Å². The Bertz CT molecular complexity index is 1100. The van der Waals surface area contributed by atoms with Gasteiger partial charge in [0.05, 0.1) is 18.2 Å². The lowest BCUT2D eigenvalue weighted by Gasteiger charge is -2.33. The molecular weight excluding hydrogens is 516 g/mol. The monoisotopic (exact) mass is 554 g/mol. The Balaban J connectivity index is 2.17. The van der Waals surface area contributed by atoms with E-state index >= 15 is 0 Å². The Morgan fingerprint density at radius 2 is 2.00 bits per heavy atom. The molecular formula is C24H39ClN8O3S. The summed E-state index contributed by atoms with van der Waals surface area (Å²) < 4.78 is 33.5. The van der Waals surface area contributed by atoms with Gasteiger partial charge in [-0.1, -0.05) is 11.6 Å². The molecule has 1 unspecified atom stereocenters. The molecule has 0 saturated heterocycles. The average Bonchev–Trinajstić information content (AvgIpc) is 2.86. The fourth-order valence-corrected chi connectivity index (χ4v) is 5.21. The summed E-state index contributed by atoms with van der Waals surface area (Å²) in [5, 5.41) is 3.50. The number of methoxy groups -OCH3 is 1. The van der Waals surface area contributed by atoms with Gasteiger partial charge in [-0.25, -0.2) is 18.1 Å². The van der Waals surface area contributed by atoms with Gasteiger partial charge in [0.15, 0.2) is 0 Å². The zero-order valence-electron chi connectivity index (χ0n) is 22.5. The highest BCUT2D eigenvalue weighted by Gasteiger charge is 2.25. The van der Waals surface area contributed by atoms with E-state index < -0.39 is 10.0 Å². The SMILES string of the molecule is C=C(/N=C(/NS(=O)(=O)c1cnccc1Cl)N(C)C(C)/C=N\C(=N/CC)NC1CCC(N(C)C)CC1)OC. The molecule has 1 heterocycles. The van der Waals surface area contributed by atoms with Crippen LogP contribution >= 0.6 is 11.6 Å². The van der Waals surface area contributed by atoms with Gasteiger partial charge in [-0.15, -0.1) is 0 Å². The highest BCUT2D eigenvalue weighted by Crippen LogP contribution is 2.22. The summed E-state index contributed by atoms with van der Waals surface area (Å²) in [6, 6.07) is 1.94. The number of ether oxygens (including phenoxy) is 1. The number of aliphatic imine (C=N–C) groups is 3. The van der Waals surface area contributed by atoms with Crippen LogP contribution in [0.5, 0.6) is 0 Å². The second-order valence-corrected chi connectivity index (χ2v) is 11.0. The van der Waals surface area contributed by atoms with Crippen LogP contribution in [0.1, 0.15) is 39.5 Å². The number of guanidine groups is 2. The number of sulfonamides is 1. The zero-order chi connectivity index (χ0) is 27.6. The summed E-state index contributed by atoms with van der Waals surface area (Å²) in [5.74, 6) is 0.558. The zero-order valence-corrected chi connectivity index (χ0v) is 24.1. The van der Waals surface area contributed by atoms with Crippen molar-refractivity contribution in [2.24, 2.45) is 15.0 Å². The molecule has 1 saturated carbocycles. The van der Waals surface area contributed by atoms with Gasteiger partial charge in [0.1, 0.15) is 4.90 Å². The highest BCUT2D eigenvalue weighted by atomic mass is 35.5. The minimum atomic E-state index is -4.09. The molecule has 1 aromatic rings. The summed E-state index contributed by atoms with van der Waals surface area (Å²) >= 11 is 6.09. The fourth-order valence-electron chi connectivity index (χ4n) is 3.74. The predicted molar refractivity (Wildman–Crippen MR) is 150 cm³/mol. The molecule has 206 valence electrons. The van der Waals surface area contributed by atoms with Crippen LogP contribution in [0.25, 0.3) is 0 Å². The second kappa shape index (κ2) is 14.3. The summed E-state index contributed by atoms with van der Waals surface area (Å²) in [6.45, 7) is 8.07. The summed E-state index contributed by atoms with van der Waals surface area (Å²) in [4.78, 5) is 20.8. The van der Waals surface area contributed by atoms with Crippen LogP contribution in [-0.2, 0) is 14.8 Å². The van der Waals surface area contributed by atoms with E-state index in [0.717, 1.165) is 25.7 Å². The Morgan fingerprint density at radius 3 is 2.57 bits per heavy atom. The molecule has 0 radical (unpaired) electrons. The topological polar surface area (TPSA) is 124 Å². The third-order valence-corrected chi connectivity index (χ3v) is 7.94. The molecule has 0 aliphatic heterocycles. The summed E-state index contributed by atoms with van der Waals surface area (Å²) in [7, 11) is 3.22. The maximum absolute atomic E-state index is 13.0. The molecule has 37 heavy (non-hydrogen) atoms. The lowest BCUT2D eigenvalue weighted by Crippen LogP contribution is -2.47. The van der Waals surface area contributed by atoms with E-state index in [9.17, 15) is 8.42 Å². The molecule has 2 N–H and O–H groups in total. The molecule has 0 aromatic carbocycles. The maximum atomic E-state index is 13.0. The van der Waals surface area contributed by atoms with Crippen LogP contribution in [-0.4, -0.2) is 94.3 Å². The van der Waals surface area contributed by atoms with Crippen molar-refractivity contribution in [2.45, 2.75) is 62.6 Å². The highest BCUT2D eigenvalue weighted by molar-refractivity contribution is 7.90. The van der Waals surface area contributed by atoms with Crippen LogP contribution in [0.3, 0.4) is 0 Å². The van der Waals surface area contributed by atoms with E-state index in [1.807, 2.05) is 13.8 Å². The first kappa shape index (κ1) is 30.5. The van der Waals surface area contributed by atoms with Gasteiger partial charge >= 0.3 is 0 Å². The lowest BCUT2D eigenvalue weighted by molar-refractivity contribution is 0.211. The van der Waals surface area contributed by atoms with Crippen molar-refractivity contribution in [3.05, 3.63) is 35.9 Å². The maximum Gasteiger partial charge on any atom is 0.267 e. The second-order valence-electron chi connectivity index (χ2n) is 8.99. The van der Waals surface area contributed by atoms with E-state index in [1.54, 1.807) is 18.2 Å². The molecule has 0 amide bonds. The van der Waals surface area contributed by atoms with Gasteiger partial charge in [0, 0.05) is 44.3 Å². The van der Waals surface area contributed by atoms with E-state index in [1.165, 1.54) is 25.6 Å². The number of nitrogens with one attached hydrogen (secondary N) is 2. The van der Waals surface area contributed by atoms with Crippen LogP contribution in [0.4, 0.5) is 0 Å². The Hall–Kier alpha value is -2.70. The quantitative estimate of drug-likeness (QED) is 0.273. The molecule has 0 bridgehead atoms. The van der Waals surface area contributed by atoms with Crippen LogP contribution < -0.4 is 10.0 Å². The van der Waals surface area contributed by atoms with E-state index in [-0.39, 0.29) is 27.8 Å². The number of nitrogens with zero attached hydrogens (tertiary/aromatic N) is 6. The Kier molecular flexibility index (Phi) is 11.8. The van der Waals surface area contributed by atoms with Crippen LogP contribution in [0, 0.1) is 0 Å². The molecule has 11 nitrogen and oxygen atoms in total. The van der Waals surface area contributed by atoms with Crippen LogP contribution in [0.15, 0.2) is 50.8 Å². The number of aromatic nitrogens is 1. The summed E-state index contributed by atoms with van der Waals surface area (Å²) in [5.41, 5.74) is 0. The Labute approximate surface area is 225 Å². The molecule has 1 aliphatic carbocycles. The van der Waals surface area contributed by atoms with E-state index in [0.29, 0.717) is 24.6 Å². The fraction of sp³-hybridized carbons (Fsp3) is 0.583. The van der Waals surface area contributed by atoms with Crippen molar-refractivity contribution in [1.82, 2.24) is 24.8 Å². The number of rotatable bonds is 9. The standard InChI is InChI=1S/C24H39ClN8O3S/c1-8-27-23(30-19-9-11-20(12-10-19)32(4)5)28-15-17(2)33(6)24(29-18(3)36-7)31-37(34,35)22-16-26-14-13-21(22)25/h13-17,19-20H,3,8-12H2,1-2,4-7H3,(H,27,30)(H,29,31)/b28-15-. The van der Waals surface area contributed by atoms with E-state index in [4.69, 9.17) is 16.3 Å². The minimum Gasteiger partial charge on any atom is -0.481 e. The largest absolute Gasteiger partial charge is 0.481 e. The number of hydrogen-bond acceptors (Lipinski definition) is 7. The van der Waals surface area contributed by atoms with Crippen molar-refractivity contribution < 1.29 is 13.2 Å². The number of hydrogen-bond donors (Lipinski definition) is 2. The number of halogens is 1. The first-order chi connectivity index (χ1) is 17.5. The molecule has 13 heteroatoms. The molecule has 1 atom stereocenters. The number of pyridine rings is 1. The molecule has 1 aliphatic rings.